The minimum atomic E-state index is 0.325. The van der Waals surface area contributed by atoms with E-state index >= 15 is 0 Å². The smallest absolute Gasteiger partial charge is 0.118 e. The van der Waals surface area contributed by atoms with Gasteiger partial charge < -0.3 is 4.74 Å². The highest BCUT2D eigenvalue weighted by Crippen LogP contribution is 2.36. The lowest BCUT2D eigenvalue weighted by molar-refractivity contribution is 0.414. The summed E-state index contributed by atoms with van der Waals surface area (Å²) in [6.45, 7) is 2.10. The summed E-state index contributed by atoms with van der Waals surface area (Å²) in [6.07, 6.45) is 2.07. The van der Waals surface area contributed by atoms with Gasteiger partial charge in [-0.15, -0.1) is 0 Å². The number of methoxy groups -OCH3 is 1. The first-order valence-electron chi connectivity index (χ1n) is 6.74. The predicted molar refractivity (Wildman–Crippen MR) is 99.6 cm³/mol. The number of ether oxygens (including phenoxy) is 1. The molecule has 0 aliphatic carbocycles. The van der Waals surface area contributed by atoms with Crippen molar-refractivity contribution >= 4 is 47.8 Å². The van der Waals surface area contributed by atoms with Crippen LogP contribution in [0.15, 0.2) is 45.3 Å². The Bertz CT molecular complexity index is 608. The third-order valence-electron chi connectivity index (χ3n) is 3.46. The number of hydrogen-bond donors (Lipinski definition) is 0. The molecular formula is C17H17Br3O. The van der Waals surface area contributed by atoms with Gasteiger partial charge in [-0.25, -0.2) is 0 Å². The molecule has 0 N–H and O–H groups in total. The van der Waals surface area contributed by atoms with Crippen molar-refractivity contribution < 1.29 is 4.74 Å². The molecular weight excluding hydrogens is 460 g/mol. The molecule has 1 atom stereocenters. The maximum atomic E-state index is 5.18. The van der Waals surface area contributed by atoms with Crippen molar-refractivity contribution in [3.05, 3.63) is 62.0 Å². The molecule has 0 bridgehead atoms. The van der Waals surface area contributed by atoms with Crippen molar-refractivity contribution in [3.8, 4) is 5.75 Å². The highest BCUT2D eigenvalue weighted by atomic mass is 79.9. The van der Waals surface area contributed by atoms with Crippen LogP contribution in [-0.4, -0.2) is 7.11 Å². The van der Waals surface area contributed by atoms with Crippen LogP contribution in [0.25, 0.3) is 0 Å². The summed E-state index contributed by atoms with van der Waals surface area (Å²) in [5, 5.41) is 0. The van der Waals surface area contributed by atoms with Gasteiger partial charge in [0.1, 0.15) is 5.75 Å². The van der Waals surface area contributed by atoms with E-state index in [4.69, 9.17) is 4.74 Å². The number of alkyl halides is 1. The maximum absolute atomic E-state index is 5.18. The quantitative estimate of drug-likeness (QED) is 0.442. The van der Waals surface area contributed by atoms with Gasteiger partial charge in [-0.1, -0.05) is 59.9 Å². The highest BCUT2D eigenvalue weighted by molar-refractivity contribution is 9.11. The molecule has 112 valence electrons. The summed E-state index contributed by atoms with van der Waals surface area (Å²) in [4.78, 5) is 0.325. The van der Waals surface area contributed by atoms with Crippen molar-refractivity contribution in [2.45, 2.75) is 24.6 Å². The van der Waals surface area contributed by atoms with Crippen LogP contribution in [0.5, 0.6) is 5.75 Å². The lowest BCUT2D eigenvalue weighted by Gasteiger charge is -2.14. The zero-order valence-corrected chi connectivity index (χ0v) is 16.8. The molecule has 0 fully saturated rings. The van der Waals surface area contributed by atoms with Gasteiger partial charge in [0.25, 0.3) is 0 Å². The summed E-state index contributed by atoms with van der Waals surface area (Å²) < 4.78 is 7.48. The van der Waals surface area contributed by atoms with Crippen LogP contribution < -0.4 is 4.74 Å². The molecule has 0 spiro atoms. The Balaban J connectivity index is 2.04. The number of hydrogen-bond acceptors (Lipinski definition) is 1. The van der Waals surface area contributed by atoms with Gasteiger partial charge in [-0.05, 0) is 60.7 Å². The molecule has 4 heteroatoms. The Morgan fingerprint density at radius 1 is 1.05 bits per heavy atom. The molecule has 2 aromatic rings. The van der Waals surface area contributed by atoms with Crippen molar-refractivity contribution in [1.29, 1.82) is 0 Å². The van der Waals surface area contributed by atoms with E-state index in [1.807, 2.05) is 12.1 Å². The molecule has 0 amide bonds. The van der Waals surface area contributed by atoms with Crippen LogP contribution in [0.1, 0.15) is 27.9 Å². The van der Waals surface area contributed by atoms with Crippen molar-refractivity contribution in [3.63, 3.8) is 0 Å². The molecule has 2 aromatic carbocycles. The van der Waals surface area contributed by atoms with Crippen LogP contribution >= 0.6 is 47.8 Å². The Morgan fingerprint density at radius 3 is 2.33 bits per heavy atom. The monoisotopic (exact) mass is 474 g/mol. The van der Waals surface area contributed by atoms with Crippen LogP contribution in [-0.2, 0) is 6.42 Å². The van der Waals surface area contributed by atoms with Crippen LogP contribution in [0.3, 0.4) is 0 Å². The second-order valence-corrected chi connectivity index (χ2v) is 7.79. The Labute approximate surface area is 151 Å². The number of halogens is 3. The van der Waals surface area contributed by atoms with Gasteiger partial charge in [0, 0.05) is 13.8 Å². The van der Waals surface area contributed by atoms with Crippen LogP contribution in [0.2, 0.25) is 0 Å². The topological polar surface area (TPSA) is 9.23 Å². The first kappa shape index (κ1) is 17.0. The van der Waals surface area contributed by atoms with Gasteiger partial charge >= 0.3 is 0 Å². The Kier molecular flexibility index (Phi) is 6.33. The maximum Gasteiger partial charge on any atom is 0.118 e. The largest absolute Gasteiger partial charge is 0.497 e. The third-order valence-corrected chi connectivity index (χ3v) is 5.95. The molecule has 0 aliphatic heterocycles. The summed E-state index contributed by atoms with van der Waals surface area (Å²) in [7, 11) is 1.69. The van der Waals surface area contributed by atoms with Crippen molar-refractivity contribution in [1.82, 2.24) is 0 Å². The fourth-order valence-electron chi connectivity index (χ4n) is 2.14. The second kappa shape index (κ2) is 7.80. The standard InChI is InChI=1S/C17H17Br3O/c1-11-9-17(20)14(10-16(11)19)15(18)8-5-12-3-6-13(21-2)7-4-12/h3-4,6-7,9-10,15H,5,8H2,1-2H3. The van der Waals surface area contributed by atoms with E-state index in [-0.39, 0.29) is 0 Å². The molecule has 0 radical (unpaired) electrons. The molecule has 0 saturated carbocycles. The SMILES string of the molecule is COc1ccc(CCC(Br)c2cc(Br)c(C)cc2Br)cc1. The fraction of sp³-hybridized carbons (Fsp3) is 0.294. The number of rotatable bonds is 5. The zero-order chi connectivity index (χ0) is 15.4. The van der Waals surface area contributed by atoms with E-state index in [1.54, 1.807) is 7.11 Å². The van der Waals surface area contributed by atoms with Crippen LogP contribution in [0, 0.1) is 6.92 Å². The minimum absolute atomic E-state index is 0.325. The minimum Gasteiger partial charge on any atom is -0.497 e. The highest BCUT2D eigenvalue weighted by Gasteiger charge is 2.13. The molecule has 1 nitrogen and oxygen atoms in total. The average Bonchev–Trinajstić information content (AvgIpc) is 2.49. The molecule has 0 saturated heterocycles. The van der Waals surface area contributed by atoms with Crippen LogP contribution in [0.4, 0.5) is 0 Å². The number of aryl methyl sites for hydroxylation is 2. The molecule has 1 unspecified atom stereocenters. The molecule has 0 heterocycles. The van der Waals surface area contributed by atoms with Gasteiger partial charge in [0.2, 0.25) is 0 Å². The van der Waals surface area contributed by atoms with Gasteiger partial charge in [0.05, 0.1) is 7.11 Å². The van der Waals surface area contributed by atoms with Crippen molar-refractivity contribution in [2.75, 3.05) is 7.11 Å². The zero-order valence-electron chi connectivity index (χ0n) is 12.0. The molecule has 0 aromatic heterocycles. The summed E-state index contributed by atoms with van der Waals surface area (Å²) in [5.41, 5.74) is 3.84. The average molecular weight is 477 g/mol. The molecule has 0 aliphatic rings. The van der Waals surface area contributed by atoms with E-state index in [0.29, 0.717) is 4.83 Å². The van der Waals surface area contributed by atoms with Crippen molar-refractivity contribution in [2.24, 2.45) is 0 Å². The lowest BCUT2D eigenvalue weighted by Crippen LogP contribution is -1.96. The van der Waals surface area contributed by atoms with E-state index in [1.165, 1.54) is 16.7 Å². The normalized spacial score (nSPS) is 12.2. The molecule has 21 heavy (non-hydrogen) atoms. The Hall–Kier alpha value is -0.320. The predicted octanol–water partition coefficient (Wildman–Crippen LogP) is 6.60. The van der Waals surface area contributed by atoms with E-state index < -0.39 is 0 Å². The van der Waals surface area contributed by atoms with Gasteiger partial charge in [-0.2, -0.15) is 0 Å². The lowest BCUT2D eigenvalue weighted by atomic mass is 10.0. The first-order chi connectivity index (χ1) is 10.0. The van der Waals surface area contributed by atoms with Gasteiger partial charge in [-0.3, -0.25) is 0 Å². The summed E-state index contributed by atoms with van der Waals surface area (Å²) >= 11 is 11.1. The van der Waals surface area contributed by atoms with E-state index in [2.05, 4.69) is 79.0 Å². The second-order valence-electron chi connectivity index (χ2n) is 4.98. The van der Waals surface area contributed by atoms with Gasteiger partial charge in [0.15, 0.2) is 0 Å². The van der Waals surface area contributed by atoms with E-state index in [0.717, 1.165) is 27.5 Å². The van der Waals surface area contributed by atoms with E-state index in [9.17, 15) is 0 Å². The summed E-state index contributed by atoms with van der Waals surface area (Å²) in [6, 6.07) is 12.6. The number of benzene rings is 2. The first-order valence-corrected chi connectivity index (χ1v) is 9.24. The third kappa shape index (κ3) is 4.57. The summed E-state index contributed by atoms with van der Waals surface area (Å²) in [5.74, 6) is 0.902. The fourth-order valence-corrected chi connectivity index (χ4v) is 4.15. The molecule has 2 rings (SSSR count). The Morgan fingerprint density at radius 2 is 1.71 bits per heavy atom.